The number of hydrogen-bond donors (Lipinski definition) is 1. The number of hydrogen-bond acceptors (Lipinski definition) is 2. The first-order chi connectivity index (χ1) is 15.8. The molecule has 154 valence electrons. The molecule has 0 saturated heterocycles. The summed E-state index contributed by atoms with van der Waals surface area (Å²) in [6, 6.07) is 41.3. The van der Waals surface area contributed by atoms with Crippen molar-refractivity contribution in [2.75, 3.05) is 0 Å². The molecule has 0 aliphatic rings. The molecule has 1 N–H and O–H groups in total. The van der Waals surface area contributed by atoms with Gasteiger partial charge in [0.05, 0.1) is 5.69 Å². The summed E-state index contributed by atoms with van der Waals surface area (Å²) in [6.45, 7) is 0. The lowest BCUT2D eigenvalue weighted by molar-refractivity contribution is 0.475. The molecule has 0 unspecified atom stereocenters. The first-order valence-electron chi connectivity index (χ1n) is 10.5. The molecule has 0 amide bonds. The number of benzene rings is 5. The highest BCUT2D eigenvalue weighted by Crippen LogP contribution is 2.36. The number of phenols is 1. The van der Waals surface area contributed by atoms with Crippen molar-refractivity contribution >= 4 is 46.5 Å². The first kappa shape index (κ1) is 20.2. The van der Waals surface area contributed by atoms with Gasteiger partial charge in [-0.05, 0) is 47.5 Å². The fourth-order valence-corrected chi connectivity index (χ4v) is 6.22. The third-order valence-electron chi connectivity index (χ3n) is 5.39. The second-order valence-electron chi connectivity index (χ2n) is 7.51. The summed E-state index contributed by atoms with van der Waals surface area (Å²) in [5, 5.41) is 16.4. The lowest BCUT2D eigenvalue weighted by Gasteiger charge is -2.20. The van der Waals surface area contributed by atoms with Crippen molar-refractivity contribution in [3.05, 3.63) is 127 Å². The minimum Gasteiger partial charge on any atom is -0.507 e. The van der Waals surface area contributed by atoms with E-state index in [-0.39, 0.29) is 5.75 Å². The molecule has 0 radical (unpaired) electrons. The van der Waals surface area contributed by atoms with Gasteiger partial charge in [0.15, 0.2) is 0 Å². The number of aliphatic imine (C=N–C) groups is 1. The van der Waals surface area contributed by atoms with Crippen LogP contribution in [0.25, 0.3) is 10.8 Å². The molecule has 32 heavy (non-hydrogen) atoms. The van der Waals surface area contributed by atoms with Gasteiger partial charge < -0.3 is 5.11 Å². The summed E-state index contributed by atoms with van der Waals surface area (Å²) < 4.78 is 0. The predicted molar refractivity (Wildman–Crippen MR) is 138 cm³/mol. The van der Waals surface area contributed by atoms with Crippen LogP contribution in [0, 0.1) is 0 Å². The number of fused-ring (bicyclic) bond motifs is 1. The van der Waals surface area contributed by atoms with E-state index in [4.69, 9.17) is 4.99 Å². The van der Waals surface area contributed by atoms with Crippen molar-refractivity contribution in [1.29, 1.82) is 0 Å². The molecule has 0 atom stereocenters. The van der Waals surface area contributed by atoms with Crippen molar-refractivity contribution in [3.8, 4) is 5.75 Å². The van der Waals surface area contributed by atoms with Crippen LogP contribution in [0.3, 0.4) is 0 Å². The van der Waals surface area contributed by atoms with Crippen LogP contribution in [0.4, 0.5) is 5.69 Å². The van der Waals surface area contributed by atoms with Crippen molar-refractivity contribution in [1.82, 2.24) is 0 Å². The number of phenolic OH excluding ortho intramolecular Hbond substituents is 1. The number of para-hydroxylation sites is 1. The van der Waals surface area contributed by atoms with E-state index in [2.05, 4.69) is 72.8 Å². The zero-order valence-electron chi connectivity index (χ0n) is 17.5. The van der Waals surface area contributed by atoms with E-state index < -0.39 is 7.92 Å². The Morgan fingerprint density at radius 3 is 1.78 bits per heavy atom. The van der Waals surface area contributed by atoms with Gasteiger partial charge in [-0.2, -0.15) is 0 Å². The Morgan fingerprint density at radius 2 is 1.12 bits per heavy atom. The smallest absolute Gasteiger partial charge is 0.124 e. The summed E-state index contributed by atoms with van der Waals surface area (Å²) >= 11 is 0. The highest BCUT2D eigenvalue weighted by atomic mass is 31.1. The fraction of sp³-hybridized carbons (Fsp3) is 0. The van der Waals surface area contributed by atoms with Gasteiger partial charge >= 0.3 is 0 Å². The van der Waals surface area contributed by atoms with Crippen LogP contribution < -0.4 is 15.9 Å². The summed E-state index contributed by atoms with van der Waals surface area (Å²) in [5.74, 6) is 0.235. The molecular formula is C29H22NOP. The van der Waals surface area contributed by atoms with Crippen LogP contribution in [-0.4, -0.2) is 11.3 Å². The van der Waals surface area contributed by atoms with Crippen molar-refractivity contribution in [2.45, 2.75) is 0 Å². The lowest BCUT2D eigenvalue weighted by atomic mass is 10.1. The van der Waals surface area contributed by atoms with Gasteiger partial charge in [-0.25, -0.2) is 0 Å². The molecule has 0 fully saturated rings. The van der Waals surface area contributed by atoms with Crippen LogP contribution in [0.1, 0.15) is 5.56 Å². The Labute approximate surface area is 189 Å². The normalized spacial score (nSPS) is 11.4. The molecule has 2 nitrogen and oxygen atoms in total. The molecule has 5 aromatic carbocycles. The second kappa shape index (κ2) is 9.18. The van der Waals surface area contributed by atoms with Crippen LogP contribution in [0.5, 0.6) is 5.75 Å². The van der Waals surface area contributed by atoms with E-state index >= 15 is 0 Å². The van der Waals surface area contributed by atoms with Crippen molar-refractivity contribution < 1.29 is 5.11 Å². The third-order valence-corrected chi connectivity index (χ3v) is 7.88. The van der Waals surface area contributed by atoms with E-state index in [0.717, 1.165) is 16.5 Å². The van der Waals surface area contributed by atoms with Gasteiger partial charge in [0, 0.05) is 17.1 Å². The average Bonchev–Trinajstić information content (AvgIpc) is 2.85. The van der Waals surface area contributed by atoms with E-state index in [0.29, 0.717) is 5.56 Å². The number of nitrogens with zero attached hydrogens (tertiary/aromatic N) is 1. The molecule has 0 saturated carbocycles. The van der Waals surface area contributed by atoms with Crippen LogP contribution in [0.15, 0.2) is 126 Å². The summed E-state index contributed by atoms with van der Waals surface area (Å²) in [5.41, 5.74) is 1.63. The Kier molecular flexibility index (Phi) is 5.79. The fourth-order valence-electron chi connectivity index (χ4n) is 3.83. The molecule has 0 heterocycles. The summed E-state index contributed by atoms with van der Waals surface area (Å²) in [4.78, 5) is 4.85. The monoisotopic (exact) mass is 431 g/mol. The highest BCUT2D eigenvalue weighted by Gasteiger charge is 2.18. The average molecular weight is 431 g/mol. The van der Waals surface area contributed by atoms with Crippen LogP contribution >= 0.6 is 7.92 Å². The Balaban J connectivity index is 1.60. The number of rotatable bonds is 5. The Morgan fingerprint density at radius 1 is 0.594 bits per heavy atom. The van der Waals surface area contributed by atoms with Gasteiger partial charge in [-0.3, -0.25) is 4.99 Å². The molecular weight excluding hydrogens is 409 g/mol. The van der Waals surface area contributed by atoms with E-state index in [1.165, 1.54) is 15.9 Å². The maximum atomic E-state index is 10.5. The molecule has 5 rings (SSSR count). The second-order valence-corrected chi connectivity index (χ2v) is 9.70. The zero-order chi connectivity index (χ0) is 21.8. The first-order valence-corrected chi connectivity index (χ1v) is 11.9. The van der Waals surface area contributed by atoms with Gasteiger partial charge in [0.2, 0.25) is 0 Å². The van der Waals surface area contributed by atoms with Gasteiger partial charge in [0.25, 0.3) is 0 Å². The molecule has 0 aliphatic heterocycles. The Bertz CT molecular complexity index is 1340. The van der Waals surface area contributed by atoms with Crippen molar-refractivity contribution in [2.24, 2.45) is 4.99 Å². The minimum absolute atomic E-state index is 0.235. The molecule has 5 aromatic rings. The largest absolute Gasteiger partial charge is 0.507 e. The van der Waals surface area contributed by atoms with Crippen LogP contribution in [-0.2, 0) is 0 Å². The summed E-state index contributed by atoms with van der Waals surface area (Å²) in [6.07, 6.45) is 1.77. The molecule has 0 aliphatic carbocycles. The predicted octanol–water partition coefficient (Wildman–Crippen LogP) is 6.05. The molecule has 0 spiro atoms. The van der Waals surface area contributed by atoms with E-state index in [1.54, 1.807) is 12.3 Å². The zero-order valence-corrected chi connectivity index (χ0v) is 18.4. The van der Waals surface area contributed by atoms with E-state index in [1.807, 2.05) is 42.5 Å². The highest BCUT2D eigenvalue weighted by molar-refractivity contribution is 7.80. The van der Waals surface area contributed by atoms with Gasteiger partial charge in [0.1, 0.15) is 5.75 Å². The topological polar surface area (TPSA) is 32.6 Å². The Hall–Kier alpha value is -3.74. The van der Waals surface area contributed by atoms with E-state index in [9.17, 15) is 5.11 Å². The van der Waals surface area contributed by atoms with Crippen LogP contribution in [0.2, 0.25) is 0 Å². The summed E-state index contributed by atoms with van der Waals surface area (Å²) in [7, 11) is -0.759. The number of aromatic hydroxyl groups is 1. The minimum atomic E-state index is -0.759. The van der Waals surface area contributed by atoms with Gasteiger partial charge in [-0.1, -0.05) is 103 Å². The maximum absolute atomic E-state index is 10.5. The maximum Gasteiger partial charge on any atom is 0.124 e. The lowest BCUT2D eigenvalue weighted by Crippen LogP contribution is -2.20. The SMILES string of the molecule is Oc1cc2ccccc2cc1C=Nc1ccccc1P(c1ccccc1)c1ccccc1. The quantitative estimate of drug-likeness (QED) is 0.267. The standard InChI is InChI=1S/C29H22NOP/c31-28-20-23-12-8-7-11-22(23)19-24(28)21-30-27-17-9-10-18-29(27)32(25-13-3-1-4-14-25)26-15-5-2-6-16-26/h1-21,31H. The molecule has 0 bridgehead atoms. The third kappa shape index (κ3) is 4.19. The molecule has 0 aromatic heterocycles. The molecule has 3 heteroatoms. The van der Waals surface area contributed by atoms with Crippen molar-refractivity contribution in [3.63, 3.8) is 0 Å². The van der Waals surface area contributed by atoms with Gasteiger partial charge in [-0.15, -0.1) is 0 Å².